The van der Waals surface area contributed by atoms with Crippen molar-refractivity contribution in [3.8, 4) is 0 Å². The van der Waals surface area contributed by atoms with Gasteiger partial charge in [-0.3, -0.25) is 9.69 Å². The molecule has 0 aromatic carbocycles. The van der Waals surface area contributed by atoms with E-state index in [2.05, 4.69) is 4.90 Å². The number of hydrogen-bond acceptors (Lipinski definition) is 4. The number of rotatable bonds is 4. The lowest BCUT2D eigenvalue weighted by atomic mass is 10.0. The highest BCUT2D eigenvalue weighted by molar-refractivity contribution is 5.85. The summed E-state index contributed by atoms with van der Waals surface area (Å²) < 4.78 is 4.89. The predicted molar refractivity (Wildman–Crippen MR) is 62.1 cm³/mol. The van der Waals surface area contributed by atoms with Gasteiger partial charge < -0.3 is 10.5 Å². The zero-order valence-electron chi connectivity index (χ0n) is 9.44. The Kier molecular flexibility index (Phi) is 6.89. The van der Waals surface area contributed by atoms with Gasteiger partial charge in [-0.1, -0.05) is 0 Å². The predicted octanol–water partition coefficient (Wildman–Crippen LogP) is 0.640. The number of nitrogens with two attached hydrogens (primary N) is 1. The molecular weight excluding hydrogens is 216 g/mol. The molecule has 5 heteroatoms. The van der Waals surface area contributed by atoms with E-state index in [9.17, 15) is 4.79 Å². The maximum atomic E-state index is 11.2. The molecule has 2 N–H and O–H groups in total. The van der Waals surface area contributed by atoms with E-state index in [0.717, 1.165) is 19.5 Å². The highest BCUT2D eigenvalue weighted by Gasteiger charge is 2.26. The van der Waals surface area contributed by atoms with Crippen molar-refractivity contribution in [3.63, 3.8) is 0 Å². The fourth-order valence-corrected chi connectivity index (χ4v) is 1.82. The summed E-state index contributed by atoms with van der Waals surface area (Å²) in [6.07, 6.45) is 1.09. The van der Waals surface area contributed by atoms with Gasteiger partial charge in [0.2, 0.25) is 0 Å². The summed E-state index contributed by atoms with van der Waals surface area (Å²) in [6, 6.07) is 0.224. The van der Waals surface area contributed by atoms with Crippen molar-refractivity contribution in [2.24, 2.45) is 11.7 Å². The molecule has 1 rings (SSSR count). The number of hydrogen-bond donors (Lipinski definition) is 1. The summed E-state index contributed by atoms with van der Waals surface area (Å²) in [7, 11) is 0. The van der Waals surface area contributed by atoms with Crippen molar-refractivity contribution in [3.05, 3.63) is 0 Å². The first-order valence-corrected chi connectivity index (χ1v) is 5.27. The van der Waals surface area contributed by atoms with Crippen LogP contribution in [-0.4, -0.2) is 43.2 Å². The highest BCUT2D eigenvalue weighted by atomic mass is 35.5. The lowest BCUT2D eigenvalue weighted by molar-refractivity contribution is -0.144. The van der Waals surface area contributed by atoms with E-state index >= 15 is 0 Å². The molecule has 90 valence electrons. The summed E-state index contributed by atoms with van der Waals surface area (Å²) in [5, 5.41) is 0. The van der Waals surface area contributed by atoms with Gasteiger partial charge in [0.05, 0.1) is 13.2 Å². The molecule has 1 aliphatic rings. The van der Waals surface area contributed by atoms with Crippen molar-refractivity contribution in [2.45, 2.75) is 26.3 Å². The van der Waals surface area contributed by atoms with Crippen molar-refractivity contribution in [1.29, 1.82) is 0 Å². The first kappa shape index (κ1) is 14.7. The number of esters is 1. The second-order valence-electron chi connectivity index (χ2n) is 3.95. The van der Waals surface area contributed by atoms with Crippen molar-refractivity contribution >= 4 is 18.4 Å². The normalized spacial score (nSPS) is 23.3. The number of carbonyl (C=O) groups is 1. The monoisotopic (exact) mass is 236 g/mol. The molecule has 0 aromatic heterocycles. The van der Waals surface area contributed by atoms with Gasteiger partial charge in [0, 0.05) is 12.6 Å². The van der Waals surface area contributed by atoms with Gasteiger partial charge in [-0.15, -0.1) is 12.4 Å². The van der Waals surface area contributed by atoms with Crippen LogP contribution in [0.4, 0.5) is 0 Å². The van der Waals surface area contributed by atoms with Crippen LogP contribution in [0.1, 0.15) is 20.3 Å². The molecule has 2 atom stereocenters. The van der Waals surface area contributed by atoms with E-state index in [1.807, 2.05) is 13.8 Å². The number of likely N-dealkylation sites (tertiary alicyclic amines) is 1. The van der Waals surface area contributed by atoms with Crippen LogP contribution in [0, 0.1) is 5.92 Å². The van der Waals surface area contributed by atoms with Crippen molar-refractivity contribution < 1.29 is 9.53 Å². The smallest absolute Gasteiger partial charge is 0.320 e. The topological polar surface area (TPSA) is 55.6 Å². The molecule has 4 nitrogen and oxygen atoms in total. The minimum absolute atomic E-state index is 0. The minimum Gasteiger partial charge on any atom is -0.465 e. The minimum atomic E-state index is -0.127. The second-order valence-corrected chi connectivity index (χ2v) is 3.95. The Morgan fingerprint density at radius 2 is 2.33 bits per heavy atom. The summed E-state index contributed by atoms with van der Waals surface area (Å²) >= 11 is 0. The molecule has 0 bridgehead atoms. The van der Waals surface area contributed by atoms with E-state index in [0.29, 0.717) is 19.1 Å². The average Bonchev–Trinajstić information content (AvgIpc) is 2.53. The van der Waals surface area contributed by atoms with Gasteiger partial charge in [-0.2, -0.15) is 0 Å². The zero-order chi connectivity index (χ0) is 10.6. The highest BCUT2D eigenvalue weighted by Crippen LogP contribution is 2.17. The molecule has 0 radical (unpaired) electrons. The summed E-state index contributed by atoms with van der Waals surface area (Å²) in [4.78, 5) is 13.3. The number of ether oxygens (including phenoxy) is 1. The second kappa shape index (κ2) is 7.04. The lowest BCUT2D eigenvalue weighted by Gasteiger charge is -2.16. The number of nitrogens with zero attached hydrogens (tertiary/aromatic N) is 1. The Balaban J connectivity index is 0.00000196. The summed E-state index contributed by atoms with van der Waals surface area (Å²) in [5.41, 5.74) is 5.81. The van der Waals surface area contributed by atoms with Gasteiger partial charge in [-0.25, -0.2) is 0 Å². The molecule has 15 heavy (non-hydrogen) atoms. The largest absolute Gasteiger partial charge is 0.465 e. The van der Waals surface area contributed by atoms with Gasteiger partial charge in [-0.05, 0) is 32.7 Å². The van der Waals surface area contributed by atoms with Gasteiger partial charge in [0.1, 0.15) is 0 Å². The summed E-state index contributed by atoms with van der Waals surface area (Å²) in [6.45, 7) is 6.62. The Bertz CT molecular complexity index is 200. The standard InChI is InChI=1S/C10H20N2O2.ClH/c1-3-14-10(13)7-12-5-4-9(6-12)8(2)11;/h8-9H,3-7,11H2,1-2H3;1H. The van der Waals surface area contributed by atoms with Crippen LogP contribution in [0.15, 0.2) is 0 Å². The van der Waals surface area contributed by atoms with Crippen LogP contribution < -0.4 is 5.73 Å². The van der Waals surface area contributed by atoms with E-state index in [-0.39, 0.29) is 24.4 Å². The van der Waals surface area contributed by atoms with Crippen LogP contribution in [0.25, 0.3) is 0 Å². The van der Waals surface area contributed by atoms with E-state index in [1.54, 1.807) is 0 Å². The molecular formula is C10H21ClN2O2. The maximum Gasteiger partial charge on any atom is 0.320 e. The fraction of sp³-hybridized carbons (Fsp3) is 0.900. The first-order valence-electron chi connectivity index (χ1n) is 5.27. The molecule has 0 saturated carbocycles. The quantitative estimate of drug-likeness (QED) is 0.728. The summed E-state index contributed by atoms with van der Waals surface area (Å²) in [5.74, 6) is 0.405. The molecule has 1 fully saturated rings. The Labute approximate surface area is 97.5 Å². The maximum absolute atomic E-state index is 11.2. The SMILES string of the molecule is CCOC(=O)CN1CCC(C(C)N)C1.Cl. The zero-order valence-corrected chi connectivity index (χ0v) is 10.3. The lowest BCUT2D eigenvalue weighted by Crippen LogP contribution is -2.32. The molecule has 1 saturated heterocycles. The van der Waals surface area contributed by atoms with E-state index in [1.165, 1.54) is 0 Å². The molecule has 1 aliphatic heterocycles. The molecule has 0 aromatic rings. The molecule has 0 amide bonds. The molecule has 2 unspecified atom stereocenters. The first-order chi connectivity index (χ1) is 6.63. The van der Waals surface area contributed by atoms with Crippen LogP contribution in [0.2, 0.25) is 0 Å². The van der Waals surface area contributed by atoms with Gasteiger partial charge in [0.15, 0.2) is 0 Å². The van der Waals surface area contributed by atoms with Crippen LogP contribution >= 0.6 is 12.4 Å². The Hall–Kier alpha value is -0.320. The van der Waals surface area contributed by atoms with Crippen LogP contribution in [0.5, 0.6) is 0 Å². The van der Waals surface area contributed by atoms with Crippen LogP contribution in [0.3, 0.4) is 0 Å². The van der Waals surface area contributed by atoms with E-state index < -0.39 is 0 Å². The van der Waals surface area contributed by atoms with Crippen molar-refractivity contribution in [1.82, 2.24) is 4.90 Å². The third-order valence-electron chi connectivity index (χ3n) is 2.71. The third kappa shape index (κ3) is 4.82. The number of halogens is 1. The van der Waals surface area contributed by atoms with Gasteiger partial charge >= 0.3 is 5.97 Å². The molecule has 0 aliphatic carbocycles. The average molecular weight is 237 g/mol. The number of carbonyl (C=O) groups excluding carboxylic acids is 1. The Morgan fingerprint density at radius 3 is 2.80 bits per heavy atom. The molecule has 0 spiro atoms. The fourth-order valence-electron chi connectivity index (χ4n) is 1.82. The third-order valence-corrected chi connectivity index (χ3v) is 2.71. The van der Waals surface area contributed by atoms with E-state index in [4.69, 9.17) is 10.5 Å². The van der Waals surface area contributed by atoms with Crippen LogP contribution in [-0.2, 0) is 9.53 Å². The van der Waals surface area contributed by atoms with Crippen molar-refractivity contribution in [2.75, 3.05) is 26.2 Å². The van der Waals surface area contributed by atoms with Gasteiger partial charge in [0.25, 0.3) is 0 Å². The molecule has 1 heterocycles. The Morgan fingerprint density at radius 1 is 1.67 bits per heavy atom.